The molecule has 4 heteroatoms. The predicted molar refractivity (Wildman–Crippen MR) is 73.3 cm³/mol. The van der Waals surface area contributed by atoms with Gasteiger partial charge in [-0.1, -0.05) is 20.8 Å². The fraction of sp³-hybridized carbons (Fsp3) is 0.857. The number of nitrogens with zero attached hydrogens (tertiary/aromatic N) is 3. The van der Waals surface area contributed by atoms with Crippen LogP contribution in [0.5, 0.6) is 0 Å². The van der Waals surface area contributed by atoms with Crippen molar-refractivity contribution in [3.63, 3.8) is 0 Å². The van der Waals surface area contributed by atoms with Crippen molar-refractivity contribution in [2.45, 2.75) is 46.6 Å². The molecule has 4 nitrogen and oxygen atoms in total. The Bertz CT molecular complexity index is 352. The molecule has 0 aliphatic carbocycles. The van der Waals surface area contributed by atoms with E-state index in [0.29, 0.717) is 11.8 Å². The molecule has 2 atom stereocenters. The molecular formula is C14H26N4. The van der Waals surface area contributed by atoms with Crippen LogP contribution in [0.2, 0.25) is 0 Å². The van der Waals surface area contributed by atoms with E-state index < -0.39 is 0 Å². The van der Waals surface area contributed by atoms with E-state index >= 15 is 0 Å². The van der Waals surface area contributed by atoms with Crippen LogP contribution in [0.3, 0.4) is 0 Å². The SMILES string of the molecule is CC(C)Cn1cnnc1CC(C)C1CCCNC1. The van der Waals surface area contributed by atoms with Crippen LogP contribution in [-0.4, -0.2) is 27.9 Å². The van der Waals surface area contributed by atoms with Gasteiger partial charge in [0.25, 0.3) is 0 Å². The quantitative estimate of drug-likeness (QED) is 0.870. The lowest BCUT2D eigenvalue weighted by atomic mass is 9.85. The van der Waals surface area contributed by atoms with E-state index in [2.05, 4.69) is 40.9 Å². The van der Waals surface area contributed by atoms with Crippen LogP contribution in [0.15, 0.2) is 6.33 Å². The molecule has 2 heterocycles. The summed E-state index contributed by atoms with van der Waals surface area (Å²) in [6.45, 7) is 10.2. The molecule has 0 spiro atoms. The lowest BCUT2D eigenvalue weighted by molar-refractivity contribution is 0.273. The summed E-state index contributed by atoms with van der Waals surface area (Å²) in [5, 5.41) is 11.9. The van der Waals surface area contributed by atoms with E-state index in [1.807, 2.05) is 6.33 Å². The molecule has 0 bridgehead atoms. The van der Waals surface area contributed by atoms with Gasteiger partial charge in [-0.3, -0.25) is 0 Å². The van der Waals surface area contributed by atoms with Gasteiger partial charge in [-0.2, -0.15) is 0 Å². The van der Waals surface area contributed by atoms with Gasteiger partial charge in [0.15, 0.2) is 0 Å². The van der Waals surface area contributed by atoms with Crippen molar-refractivity contribution in [1.29, 1.82) is 0 Å². The minimum atomic E-state index is 0.645. The van der Waals surface area contributed by atoms with Gasteiger partial charge in [-0.15, -0.1) is 10.2 Å². The minimum Gasteiger partial charge on any atom is -0.317 e. The number of rotatable bonds is 5. The summed E-state index contributed by atoms with van der Waals surface area (Å²) in [6, 6.07) is 0. The molecule has 0 saturated carbocycles. The maximum atomic E-state index is 4.30. The molecule has 1 fully saturated rings. The third-order valence-electron chi connectivity index (χ3n) is 3.90. The van der Waals surface area contributed by atoms with Crippen molar-refractivity contribution < 1.29 is 0 Å². The van der Waals surface area contributed by atoms with Gasteiger partial charge in [0.2, 0.25) is 0 Å². The molecule has 102 valence electrons. The summed E-state index contributed by atoms with van der Waals surface area (Å²) in [5.74, 6) is 3.28. The monoisotopic (exact) mass is 250 g/mol. The highest BCUT2D eigenvalue weighted by molar-refractivity contribution is 4.90. The van der Waals surface area contributed by atoms with E-state index in [0.717, 1.165) is 24.7 Å². The molecule has 0 amide bonds. The molecule has 1 aliphatic heterocycles. The minimum absolute atomic E-state index is 0.645. The lowest BCUT2D eigenvalue weighted by Gasteiger charge is -2.28. The fourth-order valence-electron chi connectivity index (χ4n) is 2.80. The Morgan fingerprint density at radius 3 is 2.94 bits per heavy atom. The lowest BCUT2D eigenvalue weighted by Crippen LogP contribution is -2.34. The van der Waals surface area contributed by atoms with Crippen LogP contribution in [0.4, 0.5) is 0 Å². The first-order valence-corrected chi connectivity index (χ1v) is 7.24. The topological polar surface area (TPSA) is 42.7 Å². The van der Waals surface area contributed by atoms with Crippen molar-refractivity contribution in [3.05, 3.63) is 12.2 Å². The Morgan fingerprint density at radius 1 is 1.44 bits per heavy atom. The molecule has 1 aliphatic rings. The third kappa shape index (κ3) is 3.55. The molecule has 18 heavy (non-hydrogen) atoms. The second kappa shape index (κ2) is 6.32. The molecule has 0 aromatic carbocycles. The maximum Gasteiger partial charge on any atom is 0.133 e. The van der Waals surface area contributed by atoms with Crippen LogP contribution in [0, 0.1) is 17.8 Å². The first kappa shape index (κ1) is 13.5. The summed E-state index contributed by atoms with van der Waals surface area (Å²) >= 11 is 0. The second-order valence-corrected chi connectivity index (χ2v) is 6.08. The van der Waals surface area contributed by atoms with E-state index in [-0.39, 0.29) is 0 Å². The highest BCUT2D eigenvalue weighted by Gasteiger charge is 2.21. The molecule has 0 radical (unpaired) electrons. The van der Waals surface area contributed by atoms with Crippen LogP contribution in [0.1, 0.15) is 39.4 Å². The molecule has 1 saturated heterocycles. The van der Waals surface area contributed by atoms with Crippen LogP contribution in [0.25, 0.3) is 0 Å². The van der Waals surface area contributed by atoms with E-state index in [1.54, 1.807) is 0 Å². The summed E-state index contributed by atoms with van der Waals surface area (Å²) in [6.07, 6.45) is 5.60. The molecule has 1 N–H and O–H groups in total. The zero-order chi connectivity index (χ0) is 13.0. The Balaban J connectivity index is 1.93. The van der Waals surface area contributed by atoms with E-state index in [9.17, 15) is 0 Å². The van der Waals surface area contributed by atoms with Crippen molar-refractivity contribution in [3.8, 4) is 0 Å². The normalized spacial score (nSPS) is 22.3. The van der Waals surface area contributed by atoms with Gasteiger partial charge < -0.3 is 9.88 Å². The van der Waals surface area contributed by atoms with Gasteiger partial charge in [-0.25, -0.2) is 0 Å². The zero-order valence-corrected chi connectivity index (χ0v) is 11.9. The van der Waals surface area contributed by atoms with Gasteiger partial charge >= 0.3 is 0 Å². The van der Waals surface area contributed by atoms with Crippen LogP contribution >= 0.6 is 0 Å². The third-order valence-corrected chi connectivity index (χ3v) is 3.90. The highest BCUT2D eigenvalue weighted by Crippen LogP contribution is 2.22. The molecular weight excluding hydrogens is 224 g/mol. The van der Waals surface area contributed by atoms with Crippen molar-refractivity contribution in [2.75, 3.05) is 13.1 Å². The summed E-state index contributed by atoms with van der Waals surface area (Å²) in [4.78, 5) is 0. The Kier molecular flexibility index (Phi) is 4.75. The molecule has 2 unspecified atom stereocenters. The number of hydrogen-bond donors (Lipinski definition) is 1. The van der Waals surface area contributed by atoms with Gasteiger partial charge in [0.05, 0.1) is 0 Å². The average molecular weight is 250 g/mol. The van der Waals surface area contributed by atoms with Crippen LogP contribution < -0.4 is 5.32 Å². The number of aromatic nitrogens is 3. The van der Waals surface area contributed by atoms with Crippen molar-refractivity contribution in [2.24, 2.45) is 17.8 Å². The Hall–Kier alpha value is -0.900. The number of piperidine rings is 1. The summed E-state index contributed by atoms with van der Waals surface area (Å²) in [7, 11) is 0. The fourth-order valence-corrected chi connectivity index (χ4v) is 2.80. The standard InChI is InChI=1S/C14H26N4/c1-11(2)9-18-10-16-17-14(18)7-12(3)13-5-4-6-15-8-13/h10-13,15H,4-9H2,1-3H3. The molecule has 1 aromatic heterocycles. The second-order valence-electron chi connectivity index (χ2n) is 6.08. The highest BCUT2D eigenvalue weighted by atomic mass is 15.3. The van der Waals surface area contributed by atoms with Crippen molar-refractivity contribution >= 4 is 0 Å². The average Bonchev–Trinajstić information content (AvgIpc) is 2.77. The smallest absolute Gasteiger partial charge is 0.133 e. The van der Waals surface area contributed by atoms with Crippen LogP contribution in [-0.2, 0) is 13.0 Å². The molecule has 2 rings (SSSR count). The number of hydrogen-bond acceptors (Lipinski definition) is 3. The van der Waals surface area contributed by atoms with E-state index in [1.165, 1.54) is 25.9 Å². The zero-order valence-electron chi connectivity index (χ0n) is 11.9. The number of nitrogens with one attached hydrogen (secondary N) is 1. The largest absolute Gasteiger partial charge is 0.317 e. The van der Waals surface area contributed by atoms with Gasteiger partial charge in [0, 0.05) is 13.0 Å². The Labute approximate surface area is 110 Å². The van der Waals surface area contributed by atoms with Gasteiger partial charge in [0.1, 0.15) is 12.2 Å². The predicted octanol–water partition coefficient (Wildman–Crippen LogP) is 2.11. The maximum absolute atomic E-state index is 4.30. The molecule has 1 aromatic rings. The Morgan fingerprint density at radius 2 is 2.28 bits per heavy atom. The first-order valence-electron chi connectivity index (χ1n) is 7.24. The first-order chi connectivity index (χ1) is 8.66. The summed E-state index contributed by atoms with van der Waals surface area (Å²) < 4.78 is 2.22. The summed E-state index contributed by atoms with van der Waals surface area (Å²) in [5.41, 5.74) is 0. The van der Waals surface area contributed by atoms with Gasteiger partial charge in [-0.05, 0) is 43.7 Å². The van der Waals surface area contributed by atoms with Crippen molar-refractivity contribution in [1.82, 2.24) is 20.1 Å². The van der Waals surface area contributed by atoms with E-state index in [4.69, 9.17) is 0 Å².